The van der Waals surface area contributed by atoms with Crippen molar-refractivity contribution >= 4 is 40.1 Å². The highest BCUT2D eigenvalue weighted by Crippen LogP contribution is 2.37. The lowest BCUT2D eigenvalue weighted by Gasteiger charge is -2.39. The standard InChI is InChI=1S/C27H33ClN4OS/c1-6-21-18(13-29-21)11-15(3)16(4)25-26(28)22(7-2)32-27(25)31-17(5)34-19-12-20-23(30-14-19)9-8-10-24(20)33/h8-10,12,14-15,18,21,29,33H,5-7,11,13H2,1-4H3,(H,31,32)/p-1/b25-16+/t15-,18?,21?/m1/s1. The van der Waals surface area contributed by atoms with Crippen molar-refractivity contribution in [1.82, 2.24) is 15.6 Å². The van der Waals surface area contributed by atoms with Crippen LogP contribution in [0.15, 0.2) is 73.8 Å². The first-order chi connectivity index (χ1) is 16.3. The summed E-state index contributed by atoms with van der Waals surface area (Å²) in [7, 11) is 0. The van der Waals surface area contributed by atoms with Crippen LogP contribution in [0.5, 0.6) is 5.75 Å². The van der Waals surface area contributed by atoms with E-state index in [-0.39, 0.29) is 5.75 Å². The van der Waals surface area contributed by atoms with Crippen molar-refractivity contribution in [3.63, 3.8) is 0 Å². The van der Waals surface area contributed by atoms with Crippen molar-refractivity contribution in [3.8, 4) is 5.75 Å². The van der Waals surface area contributed by atoms with Gasteiger partial charge in [-0.05, 0) is 62.1 Å². The maximum absolute atomic E-state index is 12.2. The topological polar surface area (TPSA) is 72.4 Å². The molecule has 2 aliphatic rings. The lowest BCUT2D eigenvalue weighted by Crippen LogP contribution is -2.52. The molecular formula is C27H32ClN4OS-. The highest BCUT2D eigenvalue weighted by Gasteiger charge is 2.32. The quantitative estimate of drug-likeness (QED) is 0.434. The average Bonchev–Trinajstić information content (AvgIpc) is 3.11. The van der Waals surface area contributed by atoms with Crippen molar-refractivity contribution in [3.05, 3.63) is 63.9 Å². The predicted octanol–water partition coefficient (Wildman–Crippen LogP) is 6.07. The van der Waals surface area contributed by atoms with Crippen LogP contribution in [0.2, 0.25) is 0 Å². The fourth-order valence-corrected chi connectivity index (χ4v) is 5.81. The van der Waals surface area contributed by atoms with Crippen LogP contribution in [0, 0.1) is 11.8 Å². The normalized spacial score (nSPS) is 23.7. The van der Waals surface area contributed by atoms with Crippen molar-refractivity contribution in [1.29, 1.82) is 0 Å². The summed E-state index contributed by atoms with van der Waals surface area (Å²) in [6, 6.07) is 7.59. The van der Waals surface area contributed by atoms with Gasteiger partial charge in [-0.1, -0.05) is 74.2 Å². The smallest absolute Gasteiger partial charge is 0.140 e. The van der Waals surface area contributed by atoms with Gasteiger partial charge in [-0.15, -0.1) is 0 Å². The van der Waals surface area contributed by atoms with Crippen LogP contribution in [0.25, 0.3) is 10.9 Å². The van der Waals surface area contributed by atoms with E-state index in [0.29, 0.717) is 33.8 Å². The summed E-state index contributed by atoms with van der Waals surface area (Å²) in [4.78, 5) is 10.1. The number of pyridine rings is 1. The first-order valence-corrected chi connectivity index (χ1v) is 13.1. The zero-order valence-corrected chi connectivity index (χ0v) is 21.8. The Morgan fingerprint density at radius 3 is 2.85 bits per heavy atom. The van der Waals surface area contributed by atoms with Gasteiger partial charge in [0.25, 0.3) is 0 Å². The number of nitrogens with zero attached hydrogens (tertiary/aromatic N) is 2. The molecule has 0 radical (unpaired) electrons. The summed E-state index contributed by atoms with van der Waals surface area (Å²) in [6.07, 6.45) is 4.85. The first kappa shape index (κ1) is 24.8. The predicted molar refractivity (Wildman–Crippen MR) is 142 cm³/mol. The Hall–Kier alpha value is -2.28. The molecule has 2 aliphatic heterocycles. The molecule has 1 aromatic carbocycles. The fourth-order valence-electron chi connectivity index (χ4n) is 4.70. The fraction of sp³-hybridized carbons (Fsp3) is 0.407. The minimum atomic E-state index is -0.0350. The Morgan fingerprint density at radius 2 is 2.18 bits per heavy atom. The van der Waals surface area contributed by atoms with Gasteiger partial charge in [0.05, 0.1) is 15.6 Å². The van der Waals surface area contributed by atoms with Crippen LogP contribution in [0.4, 0.5) is 0 Å². The number of fused-ring (bicyclic) bond motifs is 1. The zero-order chi connectivity index (χ0) is 24.4. The van der Waals surface area contributed by atoms with E-state index in [9.17, 15) is 5.11 Å². The molecule has 180 valence electrons. The number of halogens is 1. The number of nitrogens with one attached hydrogen (secondary N) is 2. The summed E-state index contributed by atoms with van der Waals surface area (Å²) < 4.78 is 0. The van der Waals surface area contributed by atoms with Crippen LogP contribution in [-0.2, 0) is 0 Å². The second-order valence-electron chi connectivity index (χ2n) is 9.10. The minimum Gasteiger partial charge on any atom is -0.872 e. The minimum absolute atomic E-state index is 0.0350. The van der Waals surface area contributed by atoms with E-state index < -0.39 is 0 Å². The zero-order valence-electron chi connectivity index (χ0n) is 20.2. The highest BCUT2D eigenvalue weighted by molar-refractivity contribution is 8.03. The molecule has 1 fully saturated rings. The molecular weight excluding hydrogens is 464 g/mol. The largest absolute Gasteiger partial charge is 0.872 e. The van der Waals surface area contributed by atoms with E-state index in [2.05, 4.69) is 49.9 Å². The monoisotopic (exact) mass is 495 g/mol. The molecule has 7 heteroatoms. The number of benzene rings is 1. The Balaban J connectivity index is 1.57. The first-order valence-electron chi connectivity index (χ1n) is 11.9. The molecule has 0 saturated carbocycles. The number of hydrogen-bond acceptors (Lipinski definition) is 5. The van der Waals surface area contributed by atoms with E-state index in [1.54, 1.807) is 18.3 Å². The van der Waals surface area contributed by atoms with Gasteiger partial charge >= 0.3 is 0 Å². The third kappa shape index (κ3) is 5.04. The molecule has 5 nitrogen and oxygen atoms in total. The number of amidine groups is 1. The van der Waals surface area contributed by atoms with Crippen LogP contribution in [0.1, 0.15) is 47.0 Å². The molecule has 0 spiro atoms. The van der Waals surface area contributed by atoms with Gasteiger partial charge in [0, 0.05) is 28.4 Å². The third-order valence-corrected chi connectivity index (χ3v) is 8.12. The van der Waals surface area contributed by atoms with E-state index in [1.165, 1.54) is 17.3 Å². The molecule has 1 saturated heterocycles. The molecule has 4 rings (SSSR count). The maximum Gasteiger partial charge on any atom is 0.140 e. The van der Waals surface area contributed by atoms with Gasteiger partial charge in [-0.2, -0.15) is 0 Å². The van der Waals surface area contributed by atoms with Crippen LogP contribution >= 0.6 is 23.4 Å². The molecule has 34 heavy (non-hydrogen) atoms. The average molecular weight is 496 g/mol. The molecule has 2 aromatic rings. The summed E-state index contributed by atoms with van der Waals surface area (Å²) in [5.74, 6) is 1.82. The molecule has 2 N–H and O–H groups in total. The molecule has 0 bridgehead atoms. The van der Waals surface area contributed by atoms with Crippen molar-refractivity contribution in [2.45, 2.75) is 57.9 Å². The second kappa shape index (κ2) is 10.5. The second-order valence-corrected chi connectivity index (χ2v) is 10.6. The number of aliphatic imine (C=N–C) groups is 1. The summed E-state index contributed by atoms with van der Waals surface area (Å²) >= 11 is 8.23. The lowest BCUT2D eigenvalue weighted by molar-refractivity contribution is -0.265. The molecule has 2 unspecified atom stereocenters. The van der Waals surface area contributed by atoms with Crippen LogP contribution in [0.3, 0.4) is 0 Å². The number of rotatable bonds is 8. The number of thioether (sulfide) groups is 1. The summed E-state index contributed by atoms with van der Waals surface area (Å²) in [6.45, 7) is 14.0. The molecule has 0 amide bonds. The van der Waals surface area contributed by atoms with E-state index in [4.69, 9.17) is 16.6 Å². The van der Waals surface area contributed by atoms with Gasteiger partial charge in [0.1, 0.15) is 5.84 Å². The van der Waals surface area contributed by atoms with Gasteiger partial charge in [-0.25, -0.2) is 4.99 Å². The van der Waals surface area contributed by atoms with E-state index in [1.807, 2.05) is 12.1 Å². The SMILES string of the molecule is C=C(/N=C1/NC(CC)=C(Cl)/C1=C(/C)[C@H](C)CC1CNC1CC)Sc1cnc2cccc([O-])c2c1. The molecule has 3 atom stereocenters. The number of hydrogen-bond donors (Lipinski definition) is 2. The van der Waals surface area contributed by atoms with Gasteiger partial charge in [-0.3, -0.25) is 4.98 Å². The Bertz CT molecular complexity index is 1200. The Morgan fingerprint density at radius 1 is 1.38 bits per heavy atom. The van der Waals surface area contributed by atoms with Gasteiger partial charge in [0.15, 0.2) is 0 Å². The number of allylic oxidation sites excluding steroid dienone is 2. The lowest BCUT2D eigenvalue weighted by atomic mass is 9.79. The molecule has 3 heterocycles. The van der Waals surface area contributed by atoms with E-state index in [0.717, 1.165) is 52.8 Å². The Kier molecular flexibility index (Phi) is 7.70. The van der Waals surface area contributed by atoms with Crippen LogP contribution < -0.4 is 15.7 Å². The number of aromatic nitrogens is 1. The van der Waals surface area contributed by atoms with Crippen molar-refractivity contribution < 1.29 is 5.11 Å². The van der Waals surface area contributed by atoms with Crippen molar-refractivity contribution in [2.75, 3.05) is 6.54 Å². The summed E-state index contributed by atoms with van der Waals surface area (Å²) in [5.41, 5.74) is 3.92. The Labute approximate surface area is 211 Å². The highest BCUT2D eigenvalue weighted by atomic mass is 35.5. The maximum atomic E-state index is 12.2. The summed E-state index contributed by atoms with van der Waals surface area (Å²) in [5, 5.41) is 21.1. The van der Waals surface area contributed by atoms with Gasteiger partial charge in [0.2, 0.25) is 0 Å². The third-order valence-electron chi connectivity index (χ3n) is 6.92. The van der Waals surface area contributed by atoms with Crippen molar-refractivity contribution in [2.24, 2.45) is 16.8 Å². The van der Waals surface area contributed by atoms with E-state index >= 15 is 0 Å². The molecule has 1 aromatic heterocycles. The van der Waals surface area contributed by atoms with Crippen LogP contribution in [-0.4, -0.2) is 23.4 Å². The van der Waals surface area contributed by atoms with Gasteiger partial charge < -0.3 is 15.7 Å². The molecule has 0 aliphatic carbocycles.